The van der Waals surface area contributed by atoms with Crippen molar-refractivity contribution in [1.29, 1.82) is 0 Å². The van der Waals surface area contributed by atoms with Crippen LogP contribution in [0.3, 0.4) is 0 Å². The van der Waals surface area contributed by atoms with E-state index >= 15 is 0 Å². The molecule has 0 saturated carbocycles. The Bertz CT molecular complexity index is 185. The molecule has 3 heteroatoms. The lowest BCUT2D eigenvalue weighted by Gasteiger charge is -2.04. The van der Waals surface area contributed by atoms with Crippen molar-refractivity contribution in [2.45, 2.75) is 19.8 Å². The fraction of sp³-hybridized carbons (Fsp3) is 0.556. The standard InChI is InChI=1S/C9H15NO2/c1-8(2)7-9(12-3)5-4-6-10-11/h5H,1,4,6-7H2,2-3H3/b9-5+. The lowest BCUT2D eigenvalue weighted by Crippen LogP contribution is -1.88. The summed E-state index contributed by atoms with van der Waals surface area (Å²) in [5, 5.41) is 2.75. The maximum atomic E-state index is 9.76. The first kappa shape index (κ1) is 10.9. The van der Waals surface area contributed by atoms with Crippen LogP contribution in [0.1, 0.15) is 19.8 Å². The number of hydrogen-bond acceptors (Lipinski definition) is 3. The van der Waals surface area contributed by atoms with Gasteiger partial charge in [0.05, 0.1) is 19.4 Å². The van der Waals surface area contributed by atoms with Crippen molar-refractivity contribution in [3.05, 3.63) is 28.9 Å². The number of ether oxygens (including phenoxy) is 1. The van der Waals surface area contributed by atoms with E-state index in [1.807, 2.05) is 13.0 Å². The van der Waals surface area contributed by atoms with Gasteiger partial charge in [0.1, 0.15) is 0 Å². The summed E-state index contributed by atoms with van der Waals surface area (Å²) in [4.78, 5) is 9.76. The van der Waals surface area contributed by atoms with Gasteiger partial charge in [-0.05, 0) is 19.4 Å². The lowest BCUT2D eigenvalue weighted by atomic mass is 10.2. The summed E-state index contributed by atoms with van der Waals surface area (Å²) >= 11 is 0. The Morgan fingerprint density at radius 2 is 2.33 bits per heavy atom. The van der Waals surface area contributed by atoms with Crippen LogP contribution in [0.15, 0.2) is 29.2 Å². The van der Waals surface area contributed by atoms with E-state index in [0.29, 0.717) is 13.0 Å². The maximum absolute atomic E-state index is 9.76. The number of rotatable bonds is 6. The van der Waals surface area contributed by atoms with Gasteiger partial charge in [-0.15, -0.1) is 0 Å². The molecule has 0 bridgehead atoms. The topological polar surface area (TPSA) is 38.7 Å². The van der Waals surface area contributed by atoms with Gasteiger partial charge in [0.25, 0.3) is 0 Å². The van der Waals surface area contributed by atoms with Crippen molar-refractivity contribution in [3.8, 4) is 0 Å². The lowest BCUT2D eigenvalue weighted by molar-refractivity contribution is 0.281. The highest BCUT2D eigenvalue weighted by Crippen LogP contribution is 2.09. The monoisotopic (exact) mass is 169 g/mol. The average Bonchev–Trinajstić information content (AvgIpc) is 2.02. The molecule has 0 heterocycles. The average molecular weight is 169 g/mol. The summed E-state index contributed by atoms with van der Waals surface area (Å²) in [5.74, 6) is 0.853. The Balaban J connectivity index is 3.86. The molecule has 0 N–H and O–H groups in total. The highest BCUT2D eigenvalue weighted by atomic mass is 16.5. The Morgan fingerprint density at radius 3 is 2.75 bits per heavy atom. The number of nitrogens with zero attached hydrogens (tertiary/aromatic N) is 1. The van der Waals surface area contributed by atoms with Crippen LogP contribution >= 0.6 is 0 Å². The molecule has 0 aliphatic rings. The van der Waals surface area contributed by atoms with E-state index in [1.54, 1.807) is 7.11 Å². The predicted octanol–water partition coefficient (Wildman–Crippen LogP) is 2.64. The molecule has 0 unspecified atom stereocenters. The van der Waals surface area contributed by atoms with Gasteiger partial charge in [0, 0.05) is 6.42 Å². The first-order chi connectivity index (χ1) is 5.70. The van der Waals surface area contributed by atoms with Gasteiger partial charge < -0.3 is 4.74 Å². The van der Waals surface area contributed by atoms with E-state index < -0.39 is 0 Å². The predicted molar refractivity (Wildman–Crippen MR) is 49.8 cm³/mol. The Hall–Kier alpha value is -1.12. The van der Waals surface area contributed by atoms with Crippen molar-refractivity contribution in [1.82, 2.24) is 0 Å². The molecule has 0 aromatic heterocycles. The Morgan fingerprint density at radius 1 is 1.67 bits per heavy atom. The molecular formula is C9H15NO2. The van der Waals surface area contributed by atoms with Crippen LogP contribution in [0, 0.1) is 4.91 Å². The second kappa shape index (κ2) is 6.58. The molecule has 0 atom stereocenters. The van der Waals surface area contributed by atoms with E-state index in [1.165, 1.54) is 0 Å². The quantitative estimate of drug-likeness (QED) is 0.265. The summed E-state index contributed by atoms with van der Waals surface area (Å²) < 4.78 is 5.06. The molecule has 0 rings (SSSR count). The van der Waals surface area contributed by atoms with E-state index in [2.05, 4.69) is 11.8 Å². The van der Waals surface area contributed by atoms with Crippen LogP contribution < -0.4 is 0 Å². The van der Waals surface area contributed by atoms with Crippen LogP contribution in [-0.4, -0.2) is 13.7 Å². The van der Waals surface area contributed by atoms with Gasteiger partial charge in [-0.2, -0.15) is 4.91 Å². The third-order valence-corrected chi connectivity index (χ3v) is 1.33. The van der Waals surface area contributed by atoms with Crippen LogP contribution in [0.25, 0.3) is 0 Å². The molecule has 12 heavy (non-hydrogen) atoms. The normalized spacial score (nSPS) is 11.0. The minimum absolute atomic E-state index is 0.309. The minimum Gasteiger partial charge on any atom is -0.501 e. The molecule has 0 aromatic rings. The molecule has 0 aromatic carbocycles. The molecule has 0 aliphatic heterocycles. The second-order valence-electron chi connectivity index (χ2n) is 2.65. The molecule has 0 radical (unpaired) electrons. The van der Waals surface area contributed by atoms with Gasteiger partial charge in [-0.3, -0.25) is 0 Å². The summed E-state index contributed by atoms with van der Waals surface area (Å²) in [6, 6.07) is 0. The maximum Gasteiger partial charge on any atom is 0.0956 e. The van der Waals surface area contributed by atoms with E-state index in [-0.39, 0.29) is 0 Å². The molecule has 0 fully saturated rings. The van der Waals surface area contributed by atoms with Crippen molar-refractivity contribution in [2.24, 2.45) is 5.18 Å². The van der Waals surface area contributed by atoms with Crippen LogP contribution in [0.5, 0.6) is 0 Å². The highest BCUT2D eigenvalue weighted by molar-refractivity contribution is 5.05. The zero-order chi connectivity index (χ0) is 9.40. The van der Waals surface area contributed by atoms with Gasteiger partial charge in [-0.1, -0.05) is 17.3 Å². The molecule has 0 aliphatic carbocycles. The zero-order valence-electron chi connectivity index (χ0n) is 7.67. The van der Waals surface area contributed by atoms with Gasteiger partial charge in [-0.25, -0.2) is 0 Å². The number of nitroso groups, excluding NO2 is 1. The van der Waals surface area contributed by atoms with Gasteiger partial charge >= 0.3 is 0 Å². The summed E-state index contributed by atoms with van der Waals surface area (Å²) in [7, 11) is 1.61. The van der Waals surface area contributed by atoms with E-state index in [4.69, 9.17) is 4.74 Å². The second-order valence-corrected chi connectivity index (χ2v) is 2.65. The number of hydrogen-bond donors (Lipinski definition) is 0. The zero-order valence-corrected chi connectivity index (χ0v) is 7.67. The molecular weight excluding hydrogens is 154 g/mol. The fourth-order valence-electron chi connectivity index (χ4n) is 0.803. The first-order valence-electron chi connectivity index (χ1n) is 3.87. The summed E-state index contributed by atoms with van der Waals surface area (Å²) in [6.07, 6.45) is 3.24. The third-order valence-electron chi connectivity index (χ3n) is 1.33. The van der Waals surface area contributed by atoms with Gasteiger partial charge in [0.2, 0.25) is 0 Å². The van der Waals surface area contributed by atoms with Crippen molar-refractivity contribution in [2.75, 3.05) is 13.7 Å². The smallest absolute Gasteiger partial charge is 0.0956 e. The van der Waals surface area contributed by atoms with Crippen molar-refractivity contribution < 1.29 is 4.74 Å². The summed E-state index contributed by atoms with van der Waals surface area (Å²) in [6.45, 7) is 6.01. The highest BCUT2D eigenvalue weighted by Gasteiger charge is 1.95. The number of methoxy groups -OCH3 is 1. The SMILES string of the molecule is C=C(C)C/C(=C\CCN=O)OC. The first-order valence-corrected chi connectivity index (χ1v) is 3.87. The van der Waals surface area contributed by atoms with Crippen LogP contribution in [-0.2, 0) is 4.74 Å². The third kappa shape index (κ3) is 5.65. The van der Waals surface area contributed by atoms with Crippen molar-refractivity contribution >= 4 is 0 Å². The number of allylic oxidation sites excluding steroid dienone is 1. The van der Waals surface area contributed by atoms with Gasteiger partial charge in [0.15, 0.2) is 0 Å². The van der Waals surface area contributed by atoms with Crippen LogP contribution in [0.2, 0.25) is 0 Å². The molecule has 3 nitrogen and oxygen atoms in total. The van der Waals surface area contributed by atoms with Crippen LogP contribution in [0.4, 0.5) is 0 Å². The largest absolute Gasteiger partial charge is 0.501 e. The van der Waals surface area contributed by atoms with E-state index in [9.17, 15) is 4.91 Å². The van der Waals surface area contributed by atoms with Crippen molar-refractivity contribution in [3.63, 3.8) is 0 Å². The molecule has 0 saturated heterocycles. The Kier molecular flexibility index (Phi) is 5.97. The summed E-state index contributed by atoms with van der Waals surface area (Å²) in [5.41, 5.74) is 1.04. The Labute approximate surface area is 73.1 Å². The molecule has 0 amide bonds. The van der Waals surface area contributed by atoms with E-state index in [0.717, 1.165) is 17.8 Å². The molecule has 68 valence electrons. The molecule has 0 spiro atoms. The fourth-order valence-corrected chi connectivity index (χ4v) is 0.803. The minimum atomic E-state index is 0.309.